The van der Waals surface area contributed by atoms with Gasteiger partial charge in [-0.25, -0.2) is 0 Å². The van der Waals surface area contributed by atoms with Gasteiger partial charge in [0.2, 0.25) is 0 Å². The zero-order chi connectivity index (χ0) is 10.8. The van der Waals surface area contributed by atoms with Crippen LogP contribution in [0.1, 0.15) is 59.8 Å². The first-order valence-corrected chi connectivity index (χ1v) is 6.20. The van der Waals surface area contributed by atoms with E-state index in [1.54, 1.807) is 0 Å². The van der Waals surface area contributed by atoms with E-state index in [2.05, 4.69) is 20.8 Å². The normalized spacial score (nSPS) is 33.0. The van der Waals surface area contributed by atoms with Crippen LogP contribution in [0.4, 0.5) is 0 Å². The Bertz CT molecular complexity index is 172. The lowest BCUT2D eigenvalue weighted by atomic mass is 9.69. The van der Waals surface area contributed by atoms with Crippen molar-refractivity contribution in [3.8, 4) is 0 Å². The standard InChI is InChI=1S/C13H26O/c1-5-11-7-6-8-12(9-11)13(4,14)10(2)3/h10-12,14H,5-9H2,1-4H3. The number of hydrogen-bond acceptors (Lipinski definition) is 1. The molecule has 1 aliphatic rings. The largest absolute Gasteiger partial charge is 0.390 e. The highest BCUT2D eigenvalue weighted by atomic mass is 16.3. The second-order valence-electron chi connectivity index (χ2n) is 5.52. The van der Waals surface area contributed by atoms with Gasteiger partial charge in [-0.1, -0.05) is 40.0 Å². The summed E-state index contributed by atoms with van der Waals surface area (Å²) in [7, 11) is 0. The summed E-state index contributed by atoms with van der Waals surface area (Å²) >= 11 is 0. The lowest BCUT2D eigenvalue weighted by molar-refractivity contribution is -0.0620. The molecule has 0 amide bonds. The maximum Gasteiger partial charge on any atom is 0.0670 e. The van der Waals surface area contributed by atoms with Gasteiger partial charge in [0.15, 0.2) is 0 Å². The summed E-state index contributed by atoms with van der Waals surface area (Å²) in [6.45, 7) is 8.57. The maximum atomic E-state index is 10.4. The molecule has 1 fully saturated rings. The van der Waals surface area contributed by atoms with Crippen molar-refractivity contribution < 1.29 is 5.11 Å². The molecule has 1 rings (SSSR count). The summed E-state index contributed by atoms with van der Waals surface area (Å²) in [6, 6.07) is 0. The molecular formula is C13H26O. The zero-order valence-electron chi connectivity index (χ0n) is 10.2. The molecule has 3 unspecified atom stereocenters. The molecule has 1 saturated carbocycles. The van der Waals surface area contributed by atoms with E-state index in [1.165, 1.54) is 32.1 Å². The summed E-state index contributed by atoms with van der Waals surface area (Å²) in [5, 5.41) is 10.4. The van der Waals surface area contributed by atoms with Gasteiger partial charge in [0.25, 0.3) is 0 Å². The molecule has 84 valence electrons. The van der Waals surface area contributed by atoms with Gasteiger partial charge in [0.1, 0.15) is 0 Å². The highest BCUT2D eigenvalue weighted by Gasteiger charge is 2.37. The van der Waals surface area contributed by atoms with Crippen LogP contribution in [-0.2, 0) is 0 Å². The molecular weight excluding hydrogens is 172 g/mol. The Morgan fingerprint density at radius 1 is 1.36 bits per heavy atom. The molecule has 14 heavy (non-hydrogen) atoms. The van der Waals surface area contributed by atoms with Crippen LogP contribution in [0, 0.1) is 17.8 Å². The van der Waals surface area contributed by atoms with Crippen LogP contribution in [0.2, 0.25) is 0 Å². The SMILES string of the molecule is CCC1CCCC(C(C)(O)C(C)C)C1. The third-order valence-electron chi connectivity index (χ3n) is 4.36. The smallest absolute Gasteiger partial charge is 0.0670 e. The first-order valence-electron chi connectivity index (χ1n) is 6.20. The maximum absolute atomic E-state index is 10.4. The van der Waals surface area contributed by atoms with Gasteiger partial charge in [-0.15, -0.1) is 0 Å². The van der Waals surface area contributed by atoms with Crippen molar-refractivity contribution >= 4 is 0 Å². The Hall–Kier alpha value is -0.0400. The molecule has 0 aromatic rings. The lowest BCUT2D eigenvalue weighted by Gasteiger charge is -2.41. The molecule has 0 aromatic heterocycles. The first kappa shape index (κ1) is 12.0. The average molecular weight is 198 g/mol. The Morgan fingerprint density at radius 2 is 2.00 bits per heavy atom. The van der Waals surface area contributed by atoms with Crippen molar-refractivity contribution in [2.45, 2.75) is 65.4 Å². The second-order valence-corrected chi connectivity index (χ2v) is 5.52. The van der Waals surface area contributed by atoms with E-state index in [4.69, 9.17) is 0 Å². The molecule has 3 atom stereocenters. The van der Waals surface area contributed by atoms with Crippen LogP contribution in [0.15, 0.2) is 0 Å². The van der Waals surface area contributed by atoms with Crippen molar-refractivity contribution in [2.75, 3.05) is 0 Å². The van der Waals surface area contributed by atoms with Gasteiger partial charge in [-0.3, -0.25) is 0 Å². The lowest BCUT2D eigenvalue weighted by Crippen LogP contribution is -2.42. The Labute approximate surface area is 88.9 Å². The van der Waals surface area contributed by atoms with Crippen LogP contribution < -0.4 is 0 Å². The van der Waals surface area contributed by atoms with Gasteiger partial charge in [0.05, 0.1) is 5.60 Å². The predicted octanol–water partition coefficient (Wildman–Crippen LogP) is 3.61. The third kappa shape index (κ3) is 2.50. The fourth-order valence-electron chi connectivity index (χ4n) is 2.66. The van der Waals surface area contributed by atoms with Crippen molar-refractivity contribution in [1.29, 1.82) is 0 Å². The minimum atomic E-state index is -0.451. The summed E-state index contributed by atoms with van der Waals surface area (Å²) in [5.41, 5.74) is -0.451. The topological polar surface area (TPSA) is 20.2 Å². The van der Waals surface area contributed by atoms with E-state index in [1.807, 2.05) is 6.92 Å². The molecule has 1 aliphatic carbocycles. The highest BCUT2D eigenvalue weighted by Crippen LogP contribution is 2.40. The quantitative estimate of drug-likeness (QED) is 0.734. The first-order chi connectivity index (χ1) is 6.48. The molecule has 0 radical (unpaired) electrons. The van der Waals surface area contributed by atoms with E-state index in [-0.39, 0.29) is 0 Å². The van der Waals surface area contributed by atoms with Gasteiger partial charge < -0.3 is 5.11 Å². The van der Waals surface area contributed by atoms with E-state index < -0.39 is 5.60 Å². The van der Waals surface area contributed by atoms with Crippen LogP contribution in [0.25, 0.3) is 0 Å². The van der Waals surface area contributed by atoms with Crippen LogP contribution in [0.5, 0.6) is 0 Å². The van der Waals surface area contributed by atoms with Gasteiger partial charge in [-0.05, 0) is 37.5 Å². The van der Waals surface area contributed by atoms with Crippen LogP contribution >= 0.6 is 0 Å². The Kier molecular flexibility index (Phi) is 4.00. The van der Waals surface area contributed by atoms with Gasteiger partial charge in [-0.2, -0.15) is 0 Å². The molecule has 0 saturated heterocycles. The van der Waals surface area contributed by atoms with Crippen molar-refractivity contribution in [1.82, 2.24) is 0 Å². The fraction of sp³-hybridized carbons (Fsp3) is 1.00. The summed E-state index contributed by atoms with van der Waals surface area (Å²) < 4.78 is 0. The zero-order valence-corrected chi connectivity index (χ0v) is 10.2. The van der Waals surface area contributed by atoms with Crippen molar-refractivity contribution in [3.05, 3.63) is 0 Å². The molecule has 0 aliphatic heterocycles. The molecule has 0 aromatic carbocycles. The van der Waals surface area contributed by atoms with Crippen molar-refractivity contribution in [2.24, 2.45) is 17.8 Å². The van der Waals surface area contributed by atoms with E-state index in [9.17, 15) is 5.11 Å². The van der Waals surface area contributed by atoms with E-state index in [0.29, 0.717) is 11.8 Å². The average Bonchev–Trinajstić information content (AvgIpc) is 2.17. The Balaban J connectivity index is 2.59. The van der Waals surface area contributed by atoms with E-state index in [0.717, 1.165) is 5.92 Å². The minimum absolute atomic E-state index is 0.378. The monoisotopic (exact) mass is 198 g/mol. The number of aliphatic hydroxyl groups is 1. The molecule has 0 bridgehead atoms. The highest BCUT2D eigenvalue weighted by molar-refractivity contribution is 4.88. The predicted molar refractivity (Wildman–Crippen MR) is 61.2 cm³/mol. The van der Waals surface area contributed by atoms with E-state index >= 15 is 0 Å². The summed E-state index contributed by atoms with van der Waals surface area (Å²) in [5.74, 6) is 1.77. The fourth-order valence-corrected chi connectivity index (χ4v) is 2.66. The van der Waals surface area contributed by atoms with Crippen molar-refractivity contribution in [3.63, 3.8) is 0 Å². The van der Waals surface area contributed by atoms with Gasteiger partial charge >= 0.3 is 0 Å². The molecule has 1 heteroatoms. The molecule has 0 heterocycles. The second kappa shape index (κ2) is 4.65. The van der Waals surface area contributed by atoms with Crippen LogP contribution in [0.3, 0.4) is 0 Å². The van der Waals surface area contributed by atoms with Crippen LogP contribution in [-0.4, -0.2) is 10.7 Å². The molecule has 1 nitrogen and oxygen atoms in total. The Morgan fingerprint density at radius 3 is 2.50 bits per heavy atom. The minimum Gasteiger partial charge on any atom is -0.390 e. The van der Waals surface area contributed by atoms with Gasteiger partial charge in [0, 0.05) is 0 Å². The third-order valence-corrected chi connectivity index (χ3v) is 4.36. The summed E-state index contributed by atoms with van der Waals surface area (Å²) in [4.78, 5) is 0. The number of rotatable bonds is 3. The number of hydrogen-bond donors (Lipinski definition) is 1. The summed E-state index contributed by atoms with van der Waals surface area (Å²) in [6.07, 6.45) is 6.43. The molecule has 0 spiro atoms. The molecule has 1 N–H and O–H groups in total.